The van der Waals surface area contributed by atoms with E-state index in [-0.39, 0.29) is 6.42 Å². The van der Waals surface area contributed by atoms with Crippen molar-refractivity contribution < 1.29 is 19.4 Å². The summed E-state index contributed by atoms with van der Waals surface area (Å²) in [4.78, 5) is 23.7. The van der Waals surface area contributed by atoms with Gasteiger partial charge in [-0.15, -0.1) is 5.10 Å². The molecule has 8 heteroatoms. The van der Waals surface area contributed by atoms with Crippen LogP contribution in [-0.2, 0) is 22.5 Å². The number of allylic oxidation sites excluding steroid dienone is 4. The Morgan fingerprint density at radius 2 is 1.51 bits per heavy atom. The zero-order valence-corrected chi connectivity index (χ0v) is 29.5. The second-order valence-corrected chi connectivity index (χ2v) is 13.1. The fraction of sp³-hybridized carbons (Fsp3) is 0.512. The normalized spacial score (nSPS) is 13.9. The number of benzene rings is 2. The predicted molar refractivity (Wildman–Crippen MR) is 197 cm³/mol. The Hall–Kier alpha value is -4.20. The highest BCUT2D eigenvalue weighted by Crippen LogP contribution is 2.41. The van der Waals surface area contributed by atoms with Gasteiger partial charge in [0.1, 0.15) is 11.8 Å². The zero-order valence-electron chi connectivity index (χ0n) is 29.5. The van der Waals surface area contributed by atoms with Crippen molar-refractivity contribution in [3.05, 3.63) is 84.0 Å². The molecule has 1 heterocycles. The third-order valence-electron chi connectivity index (χ3n) is 9.13. The topological polar surface area (TPSA) is 106 Å². The molecule has 264 valence electrons. The van der Waals surface area contributed by atoms with Crippen LogP contribution in [0.5, 0.6) is 0 Å². The fourth-order valence-electron chi connectivity index (χ4n) is 6.44. The highest BCUT2D eigenvalue weighted by Gasteiger charge is 2.29. The smallest absolute Gasteiger partial charge is 0.407 e. The molecule has 0 aliphatic heterocycles. The number of carbonyl (C=O) groups is 2. The molecule has 0 spiro atoms. The van der Waals surface area contributed by atoms with Crippen LogP contribution in [0.15, 0.2) is 72.8 Å². The molecule has 1 unspecified atom stereocenters. The van der Waals surface area contributed by atoms with Gasteiger partial charge in [0.25, 0.3) is 0 Å². The lowest BCUT2D eigenvalue weighted by Crippen LogP contribution is -2.28. The second kappa shape index (κ2) is 21.7. The van der Waals surface area contributed by atoms with Gasteiger partial charge in [-0.2, -0.15) is 0 Å². The maximum atomic E-state index is 12.9. The molecule has 2 N–H and O–H groups in total. The third-order valence-corrected chi connectivity index (χ3v) is 9.13. The fourth-order valence-corrected chi connectivity index (χ4v) is 6.44. The summed E-state index contributed by atoms with van der Waals surface area (Å²) in [6.07, 6.45) is 25.5. The van der Waals surface area contributed by atoms with Crippen molar-refractivity contribution in [1.29, 1.82) is 0 Å². The van der Waals surface area contributed by atoms with Crippen molar-refractivity contribution in [2.75, 3.05) is 6.54 Å². The van der Waals surface area contributed by atoms with Crippen molar-refractivity contribution in [2.45, 2.75) is 129 Å². The Labute approximate surface area is 293 Å². The number of carbonyl (C=O) groups excluding carboxylic acids is 1. The molecule has 1 atom stereocenters. The standard InChI is InChI=1S/C41H56N4O4/c1-2-3-4-5-6-7-8-9-10-11-12-13-14-15-16-24-31-45-40-36-28-22-21-27-35(36)37(49-41(48)42-30-23-17-18-29-38(46)47)32-33-25-19-20-26-34(33)39(40)43-44-45/h6-7,9-10,19-22,25-28,37H,2-5,8,11-18,23-24,29-32H2,1H3,(H,42,48)(H,46,47)/b7-6-,10-9-. The minimum absolute atomic E-state index is 0.145. The molecule has 1 aliphatic rings. The van der Waals surface area contributed by atoms with E-state index < -0.39 is 18.2 Å². The summed E-state index contributed by atoms with van der Waals surface area (Å²) in [6, 6.07) is 16.3. The number of alkyl carbamates (subject to hydrolysis) is 1. The summed E-state index contributed by atoms with van der Waals surface area (Å²) in [5, 5.41) is 21.0. The molecule has 4 rings (SSSR count). The maximum absolute atomic E-state index is 12.9. The van der Waals surface area contributed by atoms with Gasteiger partial charge < -0.3 is 15.2 Å². The summed E-state index contributed by atoms with van der Waals surface area (Å²) in [5.74, 6) is -0.795. The maximum Gasteiger partial charge on any atom is 0.407 e. The van der Waals surface area contributed by atoms with Crippen LogP contribution in [0.3, 0.4) is 0 Å². The number of nitrogens with one attached hydrogen (secondary N) is 1. The number of amides is 1. The number of aliphatic carboxylic acids is 1. The number of rotatable bonds is 22. The van der Waals surface area contributed by atoms with Gasteiger partial charge in [0.15, 0.2) is 0 Å². The molecule has 2 aromatic carbocycles. The first kappa shape index (κ1) is 37.6. The summed E-state index contributed by atoms with van der Waals surface area (Å²) < 4.78 is 8.11. The van der Waals surface area contributed by atoms with Gasteiger partial charge >= 0.3 is 12.1 Å². The van der Waals surface area contributed by atoms with Gasteiger partial charge in [0.05, 0.1) is 5.69 Å². The monoisotopic (exact) mass is 668 g/mol. The van der Waals surface area contributed by atoms with E-state index in [1.165, 1.54) is 51.4 Å². The van der Waals surface area contributed by atoms with E-state index in [2.05, 4.69) is 60.0 Å². The van der Waals surface area contributed by atoms with E-state index in [1.54, 1.807) is 0 Å². The molecular weight excluding hydrogens is 612 g/mol. The first-order valence-electron chi connectivity index (χ1n) is 18.7. The van der Waals surface area contributed by atoms with E-state index in [9.17, 15) is 9.59 Å². The quantitative estimate of drug-likeness (QED) is 0.0815. The largest absolute Gasteiger partial charge is 0.481 e. The molecular formula is C41H56N4O4. The van der Waals surface area contributed by atoms with E-state index in [0.29, 0.717) is 25.8 Å². The summed E-state index contributed by atoms with van der Waals surface area (Å²) >= 11 is 0. The average molecular weight is 669 g/mol. The van der Waals surface area contributed by atoms with Crippen LogP contribution in [0.4, 0.5) is 4.79 Å². The van der Waals surface area contributed by atoms with E-state index in [4.69, 9.17) is 14.9 Å². The molecule has 0 saturated heterocycles. The molecule has 0 bridgehead atoms. The summed E-state index contributed by atoms with van der Waals surface area (Å²) in [7, 11) is 0. The van der Waals surface area contributed by atoms with E-state index >= 15 is 0 Å². The number of aryl methyl sites for hydroxylation is 1. The van der Waals surface area contributed by atoms with Crippen molar-refractivity contribution in [3.63, 3.8) is 0 Å². The van der Waals surface area contributed by atoms with Gasteiger partial charge in [-0.1, -0.05) is 130 Å². The van der Waals surface area contributed by atoms with Gasteiger partial charge in [0, 0.05) is 42.6 Å². The van der Waals surface area contributed by atoms with Crippen LogP contribution in [0.2, 0.25) is 0 Å². The van der Waals surface area contributed by atoms with Crippen LogP contribution < -0.4 is 5.32 Å². The van der Waals surface area contributed by atoms with Crippen molar-refractivity contribution in [2.24, 2.45) is 0 Å². The third kappa shape index (κ3) is 12.6. The SMILES string of the molecule is CCCCC/C=C\C/C=C\CCCCCCCCn1nnc2c1-c1ccccc1C(OC(=O)NCCCCCC(=O)O)Cc1ccccc1-2. The average Bonchev–Trinajstić information content (AvgIpc) is 3.51. The lowest BCUT2D eigenvalue weighted by molar-refractivity contribution is -0.137. The highest BCUT2D eigenvalue weighted by molar-refractivity contribution is 5.83. The first-order chi connectivity index (χ1) is 24.1. The molecule has 3 aromatic rings. The van der Waals surface area contributed by atoms with E-state index in [1.807, 2.05) is 35.0 Å². The Balaban J connectivity index is 1.30. The minimum atomic E-state index is -0.795. The molecule has 1 amide bonds. The Kier molecular flexibility index (Phi) is 16.7. The number of aromatic nitrogens is 3. The molecule has 1 aliphatic carbocycles. The first-order valence-corrected chi connectivity index (χ1v) is 18.7. The molecule has 8 nitrogen and oxygen atoms in total. The number of carboxylic acid groups (broad SMARTS) is 1. The molecule has 49 heavy (non-hydrogen) atoms. The molecule has 0 saturated carbocycles. The number of hydrogen-bond donors (Lipinski definition) is 2. The van der Waals surface area contributed by atoms with Crippen LogP contribution >= 0.6 is 0 Å². The number of ether oxygens (including phenoxy) is 1. The number of fused-ring (bicyclic) bond motifs is 5. The minimum Gasteiger partial charge on any atom is -0.481 e. The Morgan fingerprint density at radius 1 is 0.837 bits per heavy atom. The number of hydrogen-bond acceptors (Lipinski definition) is 5. The number of carboxylic acids is 1. The second-order valence-electron chi connectivity index (χ2n) is 13.1. The highest BCUT2D eigenvalue weighted by atomic mass is 16.6. The van der Waals surface area contributed by atoms with Crippen molar-refractivity contribution in [1.82, 2.24) is 20.3 Å². The van der Waals surface area contributed by atoms with Gasteiger partial charge in [0.2, 0.25) is 0 Å². The van der Waals surface area contributed by atoms with Crippen LogP contribution in [-0.4, -0.2) is 38.7 Å². The van der Waals surface area contributed by atoms with Crippen LogP contribution in [0, 0.1) is 0 Å². The van der Waals surface area contributed by atoms with Crippen LogP contribution in [0.25, 0.3) is 22.5 Å². The molecule has 0 fully saturated rings. The van der Waals surface area contributed by atoms with Crippen LogP contribution in [0.1, 0.15) is 127 Å². The lowest BCUT2D eigenvalue weighted by atomic mass is 9.87. The zero-order chi connectivity index (χ0) is 34.5. The Bertz CT molecular complexity index is 1490. The lowest BCUT2D eigenvalue weighted by Gasteiger charge is -2.25. The van der Waals surface area contributed by atoms with Gasteiger partial charge in [-0.25, -0.2) is 9.48 Å². The number of nitrogens with zero attached hydrogens (tertiary/aromatic N) is 3. The summed E-state index contributed by atoms with van der Waals surface area (Å²) in [5.41, 5.74) is 5.84. The van der Waals surface area contributed by atoms with Gasteiger partial charge in [-0.05, 0) is 56.9 Å². The van der Waals surface area contributed by atoms with Crippen molar-refractivity contribution in [3.8, 4) is 22.5 Å². The predicted octanol–water partition coefficient (Wildman–Crippen LogP) is 10.4. The molecule has 1 aromatic heterocycles. The van der Waals surface area contributed by atoms with Gasteiger partial charge in [-0.3, -0.25) is 4.79 Å². The van der Waals surface area contributed by atoms with Crippen molar-refractivity contribution >= 4 is 12.1 Å². The Morgan fingerprint density at radius 3 is 2.29 bits per heavy atom. The number of unbranched alkanes of at least 4 members (excludes halogenated alkanes) is 11. The van der Waals surface area contributed by atoms with E-state index in [0.717, 1.165) is 72.3 Å². The molecule has 0 radical (unpaired) electrons. The summed E-state index contributed by atoms with van der Waals surface area (Å²) in [6.45, 7) is 3.47.